The van der Waals surface area contributed by atoms with Crippen LogP contribution in [0.15, 0.2) is 12.1 Å². The monoisotopic (exact) mass is 278 g/mol. The van der Waals surface area contributed by atoms with Crippen molar-refractivity contribution < 1.29 is 14.7 Å². The Labute approximate surface area is 118 Å². The van der Waals surface area contributed by atoms with Crippen LogP contribution in [0.3, 0.4) is 0 Å². The van der Waals surface area contributed by atoms with Crippen LogP contribution in [-0.2, 0) is 9.59 Å². The molecular formula is C15H22N2O3. The summed E-state index contributed by atoms with van der Waals surface area (Å²) in [6.07, 6.45) is 2.20. The highest BCUT2D eigenvalue weighted by Gasteiger charge is 2.42. The third-order valence-electron chi connectivity index (χ3n) is 4.38. The Kier molecular flexibility index (Phi) is 4.16. The second kappa shape index (κ2) is 5.69. The smallest absolute Gasteiger partial charge is 0.307 e. The van der Waals surface area contributed by atoms with Gasteiger partial charge in [-0.3, -0.25) is 19.7 Å². The molecule has 110 valence electrons. The summed E-state index contributed by atoms with van der Waals surface area (Å²) in [7, 11) is 0. The Balaban J connectivity index is 2.13. The first kappa shape index (κ1) is 14.6. The van der Waals surface area contributed by atoms with Gasteiger partial charge in [0, 0.05) is 11.4 Å². The zero-order valence-corrected chi connectivity index (χ0v) is 12.2. The fourth-order valence-corrected chi connectivity index (χ4v) is 3.08. The van der Waals surface area contributed by atoms with Crippen molar-refractivity contribution in [3.05, 3.63) is 23.5 Å². The van der Waals surface area contributed by atoms with Crippen LogP contribution >= 0.6 is 0 Å². The molecule has 20 heavy (non-hydrogen) atoms. The third-order valence-corrected chi connectivity index (χ3v) is 4.38. The summed E-state index contributed by atoms with van der Waals surface area (Å²) in [5.41, 5.74) is 4.72. The first-order valence-corrected chi connectivity index (χ1v) is 7.12. The van der Waals surface area contributed by atoms with Crippen LogP contribution in [0.1, 0.15) is 37.6 Å². The van der Waals surface area contributed by atoms with E-state index in [1.807, 2.05) is 32.9 Å². The number of carboxylic acid groups (broad SMARTS) is 1. The summed E-state index contributed by atoms with van der Waals surface area (Å²) in [6, 6.07) is 3.85. The van der Waals surface area contributed by atoms with Crippen LogP contribution in [0.4, 0.5) is 0 Å². The molecule has 2 rings (SSSR count). The lowest BCUT2D eigenvalue weighted by atomic mass is 9.96. The summed E-state index contributed by atoms with van der Waals surface area (Å²) >= 11 is 0. The summed E-state index contributed by atoms with van der Waals surface area (Å²) in [5.74, 6) is -1.70. The van der Waals surface area contributed by atoms with E-state index in [0.29, 0.717) is 18.8 Å². The lowest BCUT2D eigenvalue weighted by Gasteiger charge is -2.18. The molecule has 1 fully saturated rings. The molecule has 3 unspecified atom stereocenters. The predicted octanol–water partition coefficient (Wildman–Crippen LogP) is 2.31. The molecule has 5 nitrogen and oxygen atoms in total. The van der Waals surface area contributed by atoms with Crippen molar-refractivity contribution in [2.75, 3.05) is 5.43 Å². The number of amides is 1. The number of aryl methyl sites for hydroxylation is 2. The molecule has 0 bridgehead atoms. The van der Waals surface area contributed by atoms with Crippen molar-refractivity contribution in [1.82, 2.24) is 4.68 Å². The van der Waals surface area contributed by atoms with Gasteiger partial charge < -0.3 is 5.11 Å². The van der Waals surface area contributed by atoms with Gasteiger partial charge >= 0.3 is 5.97 Å². The number of hydrogen-bond donors (Lipinski definition) is 2. The van der Waals surface area contributed by atoms with Crippen LogP contribution in [-0.4, -0.2) is 21.7 Å². The molecule has 1 aromatic rings. The number of aliphatic carboxylic acids is 1. The van der Waals surface area contributed by atoms with Crippen molar-refractivity contribution in [2.45, 2.75) is 40.0 Å². The zero-order valence-electron chi connectivity index (χ0n) is 12.2. The highest BCUT2D eigenvalue weighted by Crippen LogP contribution is 2.38. The van der Waals surface area contributed by atoms with Crippen LogP contribution in [0.2, 0.25) is 0 Å². The molecule has 0 aromatic carbocycles. The van der Waals surface area contributed by atoms with E-state index in [2.05, 4.69) is 5.43 Å². The van der Waals surface area contributed by atoms with E-state index in [-0.39, 0.29) is 5.91 Å². The molecule has 1 aromatic heterocycles. The van der Waals surface area contributed by atoms with Gasteiger partial charge in [0.25, 0.3) is 0 Å². The number of carboxylic acids is 1. The Morgan fingerprint density at radius 2 is 1.80 bits per heavy atom. The van der Waals surface area contributed by atoms with Gasteiger partial charge in [-0.2, -0.15) is 0 Å². The Morgan fingerprint density at radius 3 is 2.30 bits per heavy atom. The molecule has 1 amide bonds. The average molecular weight is 278 g/mol. The second-order valence-corrected chi connectivity index (χ2v) is 5.72. The lowest BCUT2D eigenvalue weighted by Crippen LogP contribution is -2.35. The third kappa shape index (κ3) is 2.71. The van der Waals surface area contributed by atoms with Gasteiger partial charge in [-0.1, -0.05) is 13.3 Å². The Morgan fingerprint density at radius 1 is 1.25 bits per heavy atom. The Bertz CT molecular complexity index is 502. The summed E-state index contributed by atoms with van der Waals surface area (Å²) in [6.45, 7) is 5.86. The van der Waals surface area contributed by atoms with Gasteiger partial charge in [-0.25, -0.2) is 0 Å². The molecule has 0 aliphatic heterocycles. The second-order valence-electron chi connectivity index (χ2n) is 5.72. The maximum Gasteiger partial charge on any atom is 0.307 e. The zero-order chi connectivity index (χ0) is 14.9. The standard InChI is InChI=1S/C15H22N2O3/c1-4-11-7-12(13(8-11)15(19)20)14(18)16-17-9(2)5-6-10(17)3/h5-6,11-13H,4,7-8H2,1-3H3,(H,16,18)(H,19,20). The van der Waals surface area contributed by atoms with Crippen molar-refractivity contribution in [3.63, 3.8) is 0 Å². The van der Waals surface area contributed by atoms with Gasteiger partial charge in [0.2, 0.25) is 5.91 Å². The van der Waals surface area contributed by atoms with Crippen LogP contribution in [0.25, 0.3) is 0 Å². The molecule has 1 heterocycles. The molecule has 0 radical (unpaired) electrons. The molecule has 1 aliphatic rings. The largest absolute Gasteiger partial charge is 0.481 e. The average Bonchev–Trinajstić information content (AvgIpc) is 2.97. The van der Waals surface area contributed by atoms with Crippen LogP contribution in [0.5, 0.6) is 0 Å². The van der Waals surface area contributed by atoms with Crippen molar-refractivity contribution in [3.8, 4) is 0 Å². The molecule has 2 N–H and O–H groups in total. The molecule has 3 atom stereocenters. The molecule has 0 spiro atoms. The van der Waals surface area contributed by atoms with Crippen LogP contribution in [0, 0.1) is 31.6 Å². The summed E-state index contributed by atoms with van der Waals surface area (Å²) in [4.78, 5) is 23.7. The maximum absolute atomic E-state index is 12.4. The number of aromatic nitrogens is 1. The molecule has 5 heteroatoms. The number of rotatable bonds is 4. The highest BCUT2D eigenvalue weighted by atomic mass is 16.4. The number of hydrogen-bond acceptors (Lipinski definition) is 2. The van der Waals surface area contributed by atoms with Gasteiger partial charge in [0.1, 0.15) is 0 Å². The van der Waals surface area contributed by atoms with Gasteiger partial charge in [0.15, 0.2) is 0 Å². The number of nitrogens with zero attached hydrogens (tertiary/aromatic N) is 1. The molecule has 1 aliphatic carbocycles. The fourth-order valence-electron chi connectivity index (χ4n) is 3.08. The topological polar surface area (TPSA) is 71.3 Å². The summed E-state index contributed by atoms with van der Waals surface area (Å²) in [5, 5.41) is 9.29. The molecular weight excluding hydrogens is 256 g/mol. The lowest BCUT2D eigenvalue weighted by molar-refractivity contribution is -0.145. The van der Waals surface area contributed by atoms with Crippen LogP contribution < -0.4 is 5.43 Å². The van der Waals surface area contributed by atoms with E-state index in [1.165, 1.54) is 0 Å². The first-order valence-electron chi connectivity index (χ1n) is 7.12. The number of carbonyl (C=O) groups is 2. The van der Waals surface area contributed by atoms with Crippen molar-refractivity contribution >= 4 is 11.9 Å². The van der Waals surface area contributed by atoms with E-state index in [9.17, 15) is 14.7 Å². The minimum atomic E-state index is -0.859. The summed E-state index contributed by atoms with van der Waals surface area (Å²) < 4.78 is 1.72. The first-order chi connectivity index (χ1) is 9.43. The Hall–Kier alpha value is -1.78. The van der Waals surface area contributed by atoms with Crippen molar-refractivity contribution in [1.29, 1.82) is 0 Å². The van der Waals surface area contributed by atoms with E-state index in [4.69, 9.17) is 0 Å². The predicted molar refractivity (Wildman–Crippen MR) is 75.9 cm³/mol. The molecule has 1 saturated carbocycles. The quantitative estimate of drug-likeness (QED) is 0.887. The van der Waals surface area contributed by atoms with E-state index >= 15 is 0 Å². The van der Waals surface area contributed by atoms with E-state index in [0.717, 1.165) is 17.8 Å². The van der Waals surface area contributed by atoms with Gasteiger partial charge in [-0.05, 0) is 44.7 Å². The van der Waals surface area contributed by atoms with E-state index < -0.39 is 17.8 Å². The normalized spacial score (nSPS) is 25.6. The van der Waals surface area contributed by atoms with Crippen molar-refractivity contribution in [2.24, 2.45) is 17.8 Å². The minimum absolute atomic E-state index is 0.184. The fraction of sp³-hybridized carbons (Fsp3) is 0.600. The van der Waals surface area contributed by atoms with E-state index in [1.54, 1.807) is 4.68 Å². The number of carbonyl (C=O) groups excluding carboxylic acids is 1. The number of nitrogens with one attached hydrogen (secondary N) is 1. The van der Waals surface area contributed by atoms with Gasteiger partial charge in [-0.15, -0.1) is 0 Å². The van der Waals surface area contributed by atoms with Gasteiger partial charge in [0.05, 0.1) is 11.8 Å². The molecule has 0 saturated heterocycles. The minimum Gasteiger partial charge on any atom is -0.481 e. The SMILES string of the molecule is CCC1CC(C(=O)O)C(C(=O)Nn2c(C)ccc2C)C1. The maximum atomic E-state index is 12.4. The highest BCUT2D eigenvalue weighted by molar-refractivity contribution is 5.90.